The number of hydrogen-bond donors (Lipinski definition) is 0. The quantitative estimate of drug-likeness (QED) is 0.690. The van der Waals surface area contributed by atoms with Crippen LogP contribution in [0.5, 0.6) is 0 Å². The highest BCUT2D eigenvalue weighted by Gasteiger charge is 1.94. The zero-order valence-corrected chi connectivity index (χ0v) is 8.95. The second kappa shape index (κ2) is 6.57. The van der Waals surface area contributed by atoms with Crippen molar-refractivity contribution < 1.29 is 9.47 Å². The van der Waals surface area contributed by atoms with Gasteiger partial charge in [0.1, 0.15) is 0 Å². The van der Waals surface area contributed by atoms with Crippen LogP contribution in [0, 0.1) is 0 Å². The third-order valence-corrected chi connectivity index (χ3v) is 2.21. The van der Waals surface area contributed by atoms with Gasteiger partial charge in [-0.3, -0.25) is 0 Å². The maximum atomic E-state index is 5.02. The summed E-state index contributed by atoms with van der Waals surface area (Å²) in [5, 5.41) is 0. The van der Waals surface area contributed by atoms with Gasteiger partial charge in [0.25, 0.3) is 0 Å². The predicted octanol–water partition coefficient (Wildman–Crippen LogP) is 2.06. The predicted molar refractivity (Wildman–Crippen MR) is 57.6 cm³/mol. The van der Waals surface area contributed by atoms with E-state index in [9.17, 15) is 0 Å². The Labute approximate surface area is 85.8 Å². The van der Waals surface area contributed by atoms with Crippen molar-refractivity contribution in [2.75, 3.05) is 27.4 Å². The Hall–Kier alpha value is -0.860. The summed E-state index contributed by atoms with van der Waals surface area (Å²) in [4.78, 5) is 0. The lowest BCUT2D eigenvalue weighted by atomic mass is 10.1. The Balaban J connectivity index is 2.42. The average molecular weight is 194 g/mol. The molecule has 1 rings (SSSR count). The van der Waals surface area contributed by atoms with Crippen molar-refractivity contribution in [3.63, 3.8) is 0 Å². The van der Waals surface area contributed by atoms with Crippen LogP contribution in [0.4, 0.5) is 0 Å². The van der Waals surface area contributed by atoms with Gasteiger partial charge >= 0.3 is 0 Å². The molecular formula is C12H18O2. The lowest BCUT2D eigenvalue weighted by Crippen LogP contribution is -1.96. The van der Waals surface area contributed by atoms with Gasteiger partial charge in [-0.25, -0.2) is 0 Å². The molecule has 0 fully saturated rings. The van der Waals surface area contributed by atoms with E-state index in [1.54, 1.807) is 14.2 Å². The van der Waals surface area contributed by atoms with Crippen molar-refractivity contribution in [3.05, 3.63) is 35.4 Å². The van der Waals surface area contributed by atoms with E-state index in [0.29, 0.717) is 0 Å². The van der Waals surface area contributed by atoms with Gasteiger partial charge in [-0.15, -0.1) is 0 Å². The lowest BCUT2D eigenvalue weighted by Gasteiger charge is -2.03. The molecule has 2 nitrogen and oxygen atoms in total. The van der Waals surface area contributed by atoms with Crippen molar-refractivity contribution >= 4 is 0 Å². The minimum atomic E-state index is 0.789. The summed E-state index contributed by atoms with van der Waals surface area (Å²) >= 11 is 0. The standard InChI is InChI=1S/C12H18O2/c1-13-9-7-11-3-5-12(6-4-11)8-10-14-2/h3-6H,7-10H2,1-2H3. The lowest BCUT2D eigenvalue weighted by molar-refractivity contribution is 0.201. The van der Waals surface area contributed by atoms with Crippen molar-refractivity contribution in [2.24, 2.45) is 0 Å². The molecule has 0 bridgehead atoms. The third kappa shape index (κ3) is 3.90. The van der Waals surface area contributed by atoms with Crippen molar-refractivity contribution in [1.29, 1.82) is 0 Å². The Bertz CT molecular complexity index is 214. The molecule has 0 spiro atoms. The van der Waals surface area contributed by atoms with Gasteiger partial charge in [0, 0.05) is 14.2 Å². The Kier molecular flexibility index (Phi) is 5.27. The van der Waals surface area contributed by atoms with Crippen molar-refractivity contribution in [2.45, 2.75) is 12.8 Å². The topological polar surface area (TPSA) is 18.5 Å². The monoisotopic (exact) mass is 194 g/mol. The average Bonchev–Trinajstić information content (AvgIpc) is 2.25. The molecule has 0 heterocycles. The molecule has 0 unspecified atom stereocenters. The molecule has 0 saturated heterocycles. The number of rotatable bonds is 6. The smallest absolute Gasteiger partial charge is 0.0502 e. The second-order valence-electron chi connectivity index (χ2n) is 3.30. The molecule has 0 aromatic heterocycles. The third-order valence-electron chi connectivity index (χ3n) is 2.21. The van der Waals surface area contributed by atoms with Crippen LogP contribution in [0.25, 0.3) is 0 Å². The summed E-state index contributed by atoms with van der Waals surface area (Å²) < 4.78 is 10.0. The summed E-state index contributed by atoms with van der Waals surface area (Å²) in [6.45, 7) is 1.58. The van der Waals surface area contributed by atoms with Crippen LogP contribution in [0.1, 0.15) is 11.1 Å². The van der Waals surface area contributed by atoms with Crippen LogP contribution in [0.3, 0.4) is 0 Å². The van der Waals surface area contributed by atoms with Gasteiger partial charge < -0.3 is 9.47 Å². The molecule has 1 aromatic rings. The van der Waals surface area contributed by atoms with E-state index in [1.807, 2.05) is 0 Å². The molecule has 0 aliphatic carbocycles. The van der Waals surface area contributed by atoms with E-state index in [4.69, 9.17) is 9.47 Å². The van der Waals surface area contributed by atoms with E-state index >= 15 is 0 Å². The Morgan fingerprint density at radius 1 is 0.786 bits per heavy atom. The molecule has 0 aliphatic rings. The van der Waals surface area contributed by atoms with Crippen LogP contribution >= 0.6 is 0 Å². The first-order chi connectivity index (χ1) is 6.86. The van der Waals surface area contributed by atoms with Gasteiger partial charge in [-0.1, -0.05) is 24.3 Å². The zero-order chi connectivity index (χ0) is 10.2. The summed E-state index contributed by atoms with van der Waals surface area (Å²) in [5.41, 5.74) is 2.65. The van der Waals surface area contributed by atoms with Crippen molar-refractivity contribution in [3.8, 4) is 0 Å². The van der Waals surface area contributed by atoms with Gasteiger partial charge in [-0.2, -0.15) is 0 Å². The highest BCUT2D eigenvalue weighted by Crippen LogP contribution is 2.06. The van der Waals surface area contributed by atoms with Gasteiger partial charge in [0.15, 0.2) is 0 Å². The van der Waals surface area contributed by atoms with E-state index in [-0.39, 0.29) is 0 Å². The first kappa shape index (κ1) is 11.2. The maximum absolute atomic E-state index is 5.02. The first-order valence-electron chi connectivity index (χ1n) is 4.92. The molecule has 0 amide bonds. The number of benzene rings is 1. The summed E-state index contributed by atoms with van der Waals surface area (Å²) in [6, 6.07) is 8.63. The van der Waals surface area contributed by atoms with E-state index in [2.05, 4.69) is 24.3 Å². The number of ether oxygens (including phenoxy) is 2. The molecule has 0 saturated carbocycles. The SMILES string of the molecule is COCCc1ccc(CCOC)cc1. The summed E-state index contributed by atoms with van der Waals surface area (Å²) in [7, 11) is 3.46. The number of hydrogen-bond acceptors (Lipinski definition) is 2. The largest absolute Gasteiger partial charge is 0.384 e. The minimum Gasteiger partial charge on any atom is -0.384 e. The molecule has 0 atom stereocenters. The normalized spacial score (nSPS) is 10.4. The minimum absolute atomic E-state index is 0.789. The van der Waals surface area contributed by atoms with Gasteiger partial charge in [0.2, 0.25) is 0 Å². The highest BCUT2D eigenvalue weighted by molar-refractivity contribution is 5.22. The van der Waals surface area contributed by atoms with Crippen molar-refractivity contribution in [1.82, 2.24) is 0 Å². The molecule has 0 N–H and O–H groups in total. The molecule has 2 heteroatoms. The molecule has 0 radical (unpaired) electrons. The molecule has 14 heavy (non-hydrogen) atoms. The van der Waals surface area contributed by atoms with E-state index in [1.165, 1.54) is 11.1 Å². The van der Waals surface area contributed by atoms with E-state index in [0.717, 1.165) is 26.1 Å². The summed E-state index contributed by atoms with van der Waals surface area (Å²) in [5.74, 6) is 0. The zero-order valence-electron chi connectivity index (χ0n) is 8.95. The highest BCUT2D eigenvalue weighted by atomic mass is 16.5. The van der Waals surface area contributed by atoms with Crippen LogP contribution in [0.2, 0.25) is 0 Å². The van der Waals surface area contributed by atoms with Crippen LogP contribution < -0.4 is 0 Å². The van der Waals surface area contributed by atoms with E-state index < -0.39 is 0 Å². The van der Waals surface area contributed by atoms with Crippen LogP contribution in [0.15, 0.2) is 24.3 Å². The second-order valence-corrected chi connectivity index (χ2v) is 3.30. The maximum Gasteiger partial charge on any atom is 0.0502 e. The fraction of sp³-hybridized carbons (Fsp3) is 0.500. The Morgan fingerprint density at radius 2 is 1.14 bits per heavy atom. The van der Waals surface area contributed by atoms with Gasteiger partial charge in [0.05, 0.1) is 13.2 Å². The first-order valence-corrected chi connectivity index (χ1v) is 4.92. The summed E-state index contributed by atoms with van der Waals surface area (Å²) in [6.07, 6.45) is 1.97. The Morgan fingerprint density at radius 3 is 1.43 bits per heavy atom. The molecule has 0 aliphatic heterocycles. The molecule has 78 valence electrons. The molecular weight excluding hydrogens is 176 g/mol. The van der Waals surface area contributed by atoms with Crippen LogP contribution in [-0.2, 0) is 22.3 Å². The fourth-order valence-electron chi connectivity index (χ4n) is 1.31. The van der Waals surface area contributed by atoms with Crippen LogP contribution in [-0.4, -0.2) is 27.4 Å². The van der Waals surface area contributed by atoms with Gasteiger partial charge in [-0.05, 0) is 24.0 Å². The molecule has 1 aromatic carbocycles. The number of methoxy groups -OCH3 is 2. The fourth-order valence-corrected chi connectivity index (χ4v) is 1.31.